The Hall–Kier alpha value is -4.25. The van der Waals surface area contributed by atoms with E-state index in [1.54, 1.807) is 0 Å². The average Bonchev–Trinajstić information content (AvgIpc) is 3.73. The summed E-state index contributed by atoms with van der Waals surface area (Å²) < 4.78 is 34.4. The molecule has 43 heavy (non-hydrogen) atoms. The lowest BCUT2D eigenvalue weighted by atomic mass is 9.92. The summed E-state index contributed by atoms with van der Waals surface area (Å²) in [6, 6.07) is 19.5. The molecule has 0 aromatic heterocycles. The van der Waals surface area contributed by atoms with Gasteiger partial charge < -0.3 is 38.4 Å². The van der Waals surface area contributed by atoms with Gasteiger partial charge in [-0.3, -0.25) is 9.69 Å². The van der Waals surface area contributed by atoms with Gasteiger partial charge in [-0.25, -0.2) is 0 Å². The Morgan fingerprint density at radius 2 is 1.44 bits per heavy atom. The van der Waals surface area contributed by atoms with Crippen molar-refractivity contribution in [2.45, 2.75) is 38.4 Å². The molecule has 10 heteroatoms. The van der Waals surface area contributed by atoms with Crippen molar-refractivity contribution in [2.24, 2.45) is 0 Å². The summed E-state index contributed by atoms with van der Waals surface area (Å²) in [5, 5.41) is 9.34. The van der Waals surface area contributed by atoms with Crippen molar-refractivity contribution in [3.8, 4) is 23.0 Å². The fourth-order valence-electron chi connectivity index (χ4n) is 5.78. The molecule has 0 spiro atoms. The first-order valence-corrected chi connectivity index (χ1v) is 14.6. The zero-order valence-corrected chi connectivity index (χ0v) is 23.8. The first-order valence-electron chi connectivity index (χ1n) is 14.6. The molecule has 4 aliphatic rings. The summed E-state index contributed by atoms with van der Waals surface area (Å²) in [5.74, 6) is 3.05. The summed E-state index contributed by atoms with van der Waals surface area (Å²) in [7, 11) is 0. The maximum atomic E-state index is 13.8. The van der Waals surface area contributed by atoms with Gasteiger partial charge in [0, 0.05) is 45.1 Å². The number of benzene rings is 3. The number of fused-ring (bicyclic) bond motifs is 2. The highest BCUT2D eigenvalue weighted by molar-refractivity contribution is 5.92. The molecule has 0 unspecified atom stereocenters. The normalized spacial score (nSPS) is 21.0. The topological polar surface area (TPSA) is 99.2 Å². The number of piperazine rings is 1. The molecule has 4 aliphatic heterocycles. The Labute approximate surface area is 249 Å². The van der Waals surface area contributed by atoms with Crippen molar-refractivity contribution < 1.29 is 38.3 Å². The van der Waals surface area contributed by atoms with Crippen LogP contribution in [-0.4, -0.2) is 66.9 Å². The first kappa shape index (κ1) is 27.6. The molecule has 224 valence electrons. The van der Waals surface area contributed by atoms with Crippen LogP contribution >= 0.6 is 0 Å². The van der Waals surface area contributed by atoms with E-state index < -0.39 is 6.29 Å². The van der Waals surface area contributed by atoms with Crippen molar-refractivity contribution in [1.82, 2.24) is 9.80 Å². The minimum absolute atomic E-state index is 0.00692. The van der Waals surface area contributed by atoms with E-state index in [0.29, 0.717) is 43.4 Å². The van der Waals surface area contributed by atoms with E-state index in [4.69, 9.17) is 28.4 Å². The van der Waals surface area contributed by atoms with Crippen molar-refractivity contribution in [1.29, 1.82) is 0 Å². The number of ether oxygens (including phenoxy) is 6. The molecule has 1 saturated heterocycles. The molecular weight excluding hydrogens is 552 g/mol. The van der Waals surface area contributed by atoms with Gasteiger partial charge in [-0.1, -0.05) is 36.4 Å². The number of nitrogens with zero attached hydrogens (tertiary/aromatic N) is 2. The fraction of sp³-hybridized carbons (Fsp3) is 0.364. The molecule has 3 aromatic carbocycles. The summed E-state index contributed by atoms with van der Waals surface area (Å²) in [6.07, 6.45) is 1.85. The van der Waals surface area contributed by atoms with Crippen LogP contribution in [0.1, 0.15) is 34.6 Å². The predicted molar refractivity (Wildman–Crippen MR) is 154 cm³/mol. The third kappa shape index (κ3) is 6.13. The third-order valence-corrected chi connectivity index (χ3v) is 8.24. The van der Waals surface area contributed by atoms with Crippen molar-refractivity contribution >= 4 is 5.91 Å². The van der Waals surface area contributed by atoms with Crippen molar-refractivity contribution in [3.63, 3.8) is 0 Å². The number of allylic oxidation sites excluding steroid dienone is 1. The van der Waals surface area contributed by atoms with E-state index >= 15 is 0 Å². The molecule has 2 atom stereocenters. The molecule has 10 nitrogen and oxygen atoms in total. The quantitative estimate of drug-likeness (QED) is 0.421. The largest absolute Gasteiger partial charge is 0.459 e. The van der Waals surface area contributed by atoms with E-state index in [-0.39, 0.29) is 32.0 Å². The lowest BCUT2D eigenvalue weighted by Crippen LogP contribution is -2.49. The number of carbonyl (C=O) groups is 1. The monoisotopic (exact) mass is 586 g/mol. The lowest BCUT2D eigenvalue weighted by Gasteiger charge is -2.36. The minimum atomic E-state index is -0.607. The van der Waals surface area contributed by atoms with Gasteiger partial charge in [0.1, 0.15) is 0 Å². The second-order valence-electron chi connectivity index (χ2n) is 11.1. The molecule has 4 heterocycles. The first-order chi connectivity index (χ1) is 21.1. The number of rotatable bonds is 8. The number of hydrogen-bond donors (Lipinski definition) is 1. The number of hydrogen-bond acceptors (Lipinski definition) is 9. The highest BCUT2D eigenvalue weighted by atomic mass is 16.7. The molecular formula is C33H34N2O8. The zero-order chi connectivity index (χ0) is 29.2. The van der Waals surface area contributed by atoms with E-state index in [2.05, 4.69) is 11.0 Å². The van der Waals surface area contributed by atoms with Crippen LogP contribution in [0.25, 0.3) is 0 Å². The van der Waals surface area contributed by atoms with E-state index in [0.717, 1.165) is 53.4 Å². The van der Waals surface area contributed by atoms with Gasteiger partial charge in [-0.15, -0.1) is 0 Å². The van der Waals surface area contributed by atoms with E-state index in [9.17, 15) is 9.90 Å². The van der Waals surface area contributed by atoms with Gasteiger partial charge in [0.15, 0.2) is 28.8 Å². The smallest absolute Gasteiger partial charge is 0.288 e. The number of amides is 1. The molecule has 0 saturated carbocycles. The second-order valence-corrected chi connectivity index (χ2v) is 11.1. The highest BCUT2D eigenvalue weighted by Crippen LogP contribution is 2.39. The Morgan fingerprint density at radius 3 is 2.19 bits per heavy atom. The van der Waals surface area contributed by atoms with Gasteiger partial charge in [0.2, 0.25) is 19.9 Å². The number of aliphatic hydroxyl groups is 1. The fourth-order valence-corrected chi connectivity index (χ4v) is 5.78. The standard InChI is InChI=1S/C33H34N2O8/c36-18-22-1-3-23(4-2-22)19-38-32-16-26(25-6-8-28-30(14-25)42-21-40-28)15-31(43-32)33(37)35-11-9-34(10-12-35)17-24-5-7-27-29(13-24)41-20-39-27/h1-8,13-15,26,32,36H,9-12,16-21H2/t26-,32+/m0/s1. The molecule has 3 aromatic rings. The zero-order valence-electron chi connectivity index (χ0n) is 23.8. The van der Waals surface area contributed by atoms with Crippen LogP contribution in [0.2, 0.25) is 0 Å². The SMILES string of the molecule is O=C(C1=C[C@H](c2ccc3c(c2)OCO3)C[C@H](OCc2ccc(CO)cc2)O1)N1CCN(Cc2ccc3c(c2)OCO3)CC1. The molecule has 0 aliphatic carbocycles. The van der Waals surface area contributed by atoms with E-state index in [1.165, 1.54) is 0 Å². The number of carbonyl (C=O) groups excluding carboxylic acids is 1. The molecule has 1 fully saturated rings. The van der Waals surface area contributed by atoms with Gasteiger partial charge in [-0.05, 0) is 52.6 Å². The summed E-state index contributed by atoms with van der Waals surface area (Å²) >= 11 is 0. The van der Waals surface area contributed by atoms with Crippen LogP contribution in [0, 0.1) is 0 Å². The van der Waals surface area contributed by atoms with Gasteiger partial charge >= 0.3 is 0 Å². The predicted octanol–water partition coefficient (Wildman–Crippen LogP) is 3.91. The highest BCUT2D eigenvalue weighted by Gasteiger charge is 2.33. The molecule has 1 amide bonds. The Balaban J connectivity index is 1.03. The third-order valence-electron chi connectivity index (χ3n) is 8.24. The van der Waals surface area contributed by atoms with Crippen LogP contribution in [0.5, 0.6) is 23.0 Å². The average molecular weight is 587 g/mol. The van der Waals surface area contributed by atoms with Crippen molar-refractivity contribution in [2.75, 3.05) is 39.8 Å². The van der Waals surface area contributed by atoms with Crippen LogP contribution in [0.4, 0.5) is 0 Å². The summed E-state index contributed by atoms with van der Waals surface area (Å²) in [5.41, 5.74) is 3.96. The maximum Gasteiger partial charge on any atom is 0.288 e. The summed E-state index contributed by atoms with van der Waals surface area (Å²) in [6.45, 7) is 4.26. The Kier molecular flexibility index (Phi) is 7.80. The Morgan fingerprint density at radius 1 is 0.791 bits per heavy atom. The van der Waals surface area contributed by atoms with Crippen LogP contribution in [0.3, 0.4) is 0 Å². The van der Waals surface area contributed by atoms with Gasteiger partial charge in [0.25, 0.3) is 5.91 Å². The maximum absolute atomic E-state index is 13.8. The van der Waals surface area contributed by atoms with Gasteiger partial charge in [0.05, 0.1) is 13.2 Å². The van der Waals surface area contributed by atoms with Crippen molar-refractivity contribution in [3.05, 3.63) is 94.8 Å². The molecule has 1 N–H and O–H groups in total. The molecule has 0 bridgehead atoms. The van der Waals surface area contributed by atoms with Crippen LogP contribution in [-0.2, 0) is 34.0 Å². The summed E-state index contributed by atoms with van der Waals surface area (Å²) in [4.78, 5) is 18.0. The second kappa shape index (κ2) is 12.2. The lowest BCUT2D eigenvalue weighted by molar-refractivity contribution is -0.157. The Bertz CT molecular complexity index is 1500. The van der Waals surface area contributed by atoms with Crippen LogP contribution < -0.4 is 18.9 Å². The molecule has 7 rings (SSSR count). The van der Waals surface area contributed by atoms with Gasteiger partial charge in [-0.2, -0.15) is 0 Å². The van der Waals surface area contributed by atoms with E-state index in [1.807, 2.05) is 65.6 Å². The number of aliphatic hydroxyl groups excluding tert-OH is 1. The molecule has 0 radical (unpaired) electrons. The van der Waals surface area contributed by atoms with Crippen LogP contribution in [0.15, 0.2) is 72.5 Å². The minimum Gasteiger partial charge on any atom is -0.459 e.